The van der Waals surface area contributed by atoms with Crippen LogP contribution in [0.15, 0.2) is 29.4 Å². The fourth-order valence-corrected chi connectivity index (χ4v) is 1.38. The molecule has 0 N–H and O–H groups in total. The lowest BCUT2D eigenvalue weighted by molar-refractivity contribution is 0.717. The summed E-state index contributed by atoms with van der Waals surface area (Å²) in [7, 11) is 0. The number of halogens is 1. The average Bonchev–Trinajstić information content (AvgIpc) is 2.24. The lowest BCUT2D eigenvalue weighted by Gasteiger charge is -2.23. The number of hydrazone groups is 1. The number of para-hydroxylation sites is 1. The first-order chi connectivity index (χ1) is 7.16. The molecule has 84 valence electrons. The van der Waals surface area contributed by atoms with E-state index in [1.807, 2.05) is 52.0 Å². The molecule has 2 nitrogen and oxygen atoms in total. The molecular formula is C12H19ClN2. The highest BCUT2D eigenvalue weighted by Gasteiger charge is 2.10. The van der Waals surface area contributed by atoms with Crippen LogP contribution in [0, 0.1) is 0 Å². The topological polar surface area (TPSA) is 15.6 Å². The molecule has 1 aromatic rings. The smallest absolute Gasteiger partial charge is 0.0782 e. The second-order valence-corrected chi connectivity index (χ2v) is 3.44. The molecule has 15 heavy (non-hydrogen) atoms. The van der Waals surface area contributed by atoms with Crippen LogP contribution in [-0.2, 0) is 0 Å². The van der Waals surface area contributed by atoms with Crippen LogP contribution in [0.1, 0.15) is 27.7 Å². The molecule has 0 saturated carbocycles. The summed E-state index contributed by atoms with van der Waals surface area (Å²) in [5, 5.41) is 6.41. The van der Waals surface area contributed by atoms with Crippen LogP contribution in [0.4, 0.5) is 5.69 Å². The summed E-state index contributed by atoms with van der Waals surface area (Å²) in [5.74, 6) is 0. The highest BCUT2D eigenvalue weighted by Crippen LogP contribution is 2.26. The van der Waals surface area contributed by atoms with Gasteiger partial charge in [-0.05, 0) is 26.0 Å². The third kappa shape index (κ3) is 3.92. The molecule has 3 heteroatoms. The van der Waals surface area contributed by atoms with E-state index in [2.05, 4.69) is 11.8 Å². The van der Waals surface area contributed by atoms with Crippen molar-refractivity contribution in [3.8, 4) is 0 Å². The van der Waals surface area contributed by atoms with Gasteiger partial charge in [-0.25, -0.2) is 0 Å². The number of hydrogen-bond donors (Lipinski definition) is 0. The molecule has 1 rings (SSSR count). The summed E-state index contributed by atoms with van der Waals surface area (Å²) in [6.07, 6.45) is 0. The molecule has 0 spiro atoms. The second-order valence-electron chi connectivity index (χ2n) is 3.03. The van der Waals surface area contributed by atoms with Crippen molar-refractivity contribution in [2.75, 3.05) is 5.01 Å². The van der Waals surface area contributed by atoms with E-state index in [1.165, 1.54) is 0 Å². The van der Waals surface area contributed by atoms with E-state index in [1.54, 1.807) is 5.01 Å². The number of rotatable bonds is 3. The summed E-state index contributed by atoms with van der Waals surface area (Å²) >= 11 is 6.01. The second kappa shape index (κ2) is 7.30. The van der Waals surface area contributed by atoms with Gasteiger partial charge < -0.3 is 0 Å². The molecular weight excluding hydrogens is 208 g/mol. The molecule has 1 aromatic carbocycles. The number of benzene rings is 1. The van der Waals surface area contributed by atoms with E-state index in [0.717, 1.165) is 5.69 Å². The fraction of sp³-hybridized carbons (Fsp3) is 0.417. The maximum atomic E-state index is 6.01. The van der Waals surface area contributed by atoms with Crippen molar-refractivity contribution >= 4 is 24.0 Å². The summed E-state index contributed by atoms with van der Waals surface area (Å²) in [5.41, 5.74) is 0.897. The first-order valence-corrected chi connectivity index (χ1v) is 5.55. The Bertz CT molecular complexity index is 297. The van der Waals surface area contributed by atoms with Gasteiger partial charge in [0.25, 0.3) is 0 Å². The molecule has 0 aliphatic carbocycles. The van der Waals surface area contributed by atoms with E-state index in [4.69, 9.17) is 11.6 Å². The molecule has 0 unspecified atom stereocenters. The van der Waals surface area contributed by atoms with Gasteiger partial charge in [0, 0.05) is 12.8 Å². The Balaban J connectivity index is 0.000000921. The van der Waals surface area contributed by atoms with Gasteiger partial charge in [0.1, 0.15) is 0 Å². The predicted molar refractivity (Wildman–Crippen MR) is 70.0 cm³/mol. The molecule has 0 amide bonds. The van der Waals surface area contributed by atoms with Crippen LogP contribution in [0.2, 0.25) is 5.02 Å². The monoisotopic (exact) mass is 226 g/mol. The van der Waals surface area contributed by atoms with Crippen LogP contribution >= 0.6 is 11.6 Å². The molecule has 0 aliphatic heterocycles. The van der Waals surface area contributed by atoms with Crippen LogP contribution in [-0.4, -0.2) is 12.8 Å². The maximum absolute atomic E-state index is 6.01. The van der Waals surface area contributed by atoms with Gasteiger partial charge in [-0.1, -0.05) is 37.6 Å². The zero-order valence-electron chi connectivity index (χ0n) is 9.87. The normalized spacial score (nSPS) is 9.20. The lowest BCUT2D eigenvalue weighted by atomic mass is 10.2. The quantitative estimate of drug-likeness (QED) is 0.557. The highest BCUT2D eigenvalue weighted by atomic mass is 35.5. The van der Waals surface area contributed by atoms with E-state index in [-0.39, 0.29) is 6.04 Å². The van der Waals surface area contributed by atoms with Gasteiger partial charge in [-0.15, -0.1) is 0 Å². The Kier molecular flexibility index (Phi) is 6.80. The predicted octanol–water partition coefficient (Wildman–Crippen LogP) is 4.20. The van der Waals surface area contributed by atoms with E-state index >= 15 is 0 Å². The minimum absolute atomic E-state index is 0.261. The third-order valence-corrected chi connectivity index (χ3v) is 2.06. The van der Waals surface area contributed by atoms with Gasteiger partial charge in [0.05, 0.1) is 10.7 Å². The van der Waals surface area contributed by atoms with Crippen molar-refractivity contribution in [3.05, 3.63) is 29.3 Å². The van der Waals surface area contributed by atoms with Crippen molar-refractivity contribution in [1.82, 2.24) is 0 Å². The first kappa shape index (κ1) is 14.0. The summed E-state index contributed by atoms with van der Waals surface area (Å²) in [4.78, 5) is 0. The molecule has 0 aliphatic rings. The highest BCUT2D eigenvalue weighted by molar-refractivity contribution is 6.33. The van der Waals surface area contributed by atoms with Gasteiger partial charge in [-0.3, -0.25) is 5.01 Å². The largest absolute Gasteiger partial charge is 0.262 e. The molecule has 0 fully saturated rings. The maximum Gasteiger partial charge on any atom is 0.0782 e. The SMILES string of the molecule is C=NN(c1ccccc1Cl)C(C)C.CC. The zero-order chi connectivity index (χ0) is 11.8. The first-order valence-electron chi connectivity index (χ1n) is 5.17. The van der Waals surface area contributed by atoms with Crippen LogP contribution in [0.5, 0.6) is 0 Å². The number of nitrogens with zero attached hydrogens (tertiary/aromatic N) is 2. The van der Waals surface area contributed by atoms with Gasteiger partial charge in [0.2, 0.25) is 0 Å². The van der Waals surface area contributed by atoms with Gasteiger partial charge in [0.15, 0.2) is 0 Å². The lowest BCUT2D eigenvalue weighted by Crippen LogP contribution is -2.24. The molecule has 0 radical (unpaired) electrons. The van der Waals surface area contributed by atoms with Gasteiger partial charge in [-0.2, -0.15) is 5.10 Å². The Labute approximate surface area is 97.6 Å². The standard InChI is InChI=1S/C10H13ClN2.C2H6/c1-8(2)13(12-3)10-7-5-4-6-9(10)11;1-2/h4-8H,3H2,1-2H3;1-2H3. The van der Waals surface area contributed by atoms with Crippen molar-refractivity contribution in [2.45, 2.75) is 33.7 Å². The van der Waals surface area contributed by atoms with Crippen molar-refractivity contribution in [1.29, 1.82) is 0 Å². The number of anilines is 1. The summed E-state index contributed by atoms with van der Waals surface area (Å²) < 4.78 is 0. The summed E-state index contributed by atoms with van der Waals surface area (Å²) in [6, 6.07) is 7.86. The Morgan fingerprint density at radius 3 is 2.20 bits per heavy atom. The fourth-order valence-electron chi connectivity index (χ4n) is 1.16. The van der Waals surface area contributed by atoms with E-state index in [9.17, 15) is 0 Å². The third-order valence-electron chi connectivity index (χ3n) is 1.74. The van der Waals surface area contributed by atoms with Gasteiger partial charge >= 0.3 is 0 Å². The molecule has 0 bridgehead atoms. The van der Waals surface area contributed by atoms with Crippen molar-refractivity contribution < 1.29 is 0 Å². The van der Waals surface area contributed by atoms with Crippen molar-refractivity contribution in [2.24, 2.45) is 5.10 Å². The molecule has 0 saturated heterocycles. The molecule has 0 atom stereocenters. The van der Waals surface area contributed by atoms with Crippen LogP contribution < -0.4 is 5.01 Å². The average molecular weight is 227 g/mol. The van der Waals surface area contributed by atoms with E-state index in [0.29, 0.717) is 5.02 Å². The van der Waals surface area contributed by atoms with Crippen molar-refractivity contribution in [3.63, 3.8) is 0 Å². The van der Waals surface area contributed by atoms with Crippen LogP contribution in [0.25, 0.3) is 0 Å². The Hall–Kier alpha value is -1.02. The number of hydrogen-bond acceptors (Lipinski definition) is 2. The Morgan fingerprint density at radius 2 is 1.80 bits per heavy atom. The Morgan fingerprint density at radius 1 is 1.27 bits per heavy atom. The summed E-state index contributed by atoms with van der Waals surface area (Å²) in [6.45, 7) is 11.6. The molecule has 0 heterocycles. The van der Waals surface area contributed by atoms with E-state index < -0.39 is 0 Å². The minimum atomic E-state index is 0.261. The van der Waals surface area contributed by atoms with Crippen LogP contribution in [0.3, 0.4) is 0 Å². The minimum Gasteiger partial charge on any atom is -0.262 e. The molecule has 0 aromatic heterocycles. The zero-order valence-corrected chi connectivity index (χ0v) is 10.6.